The van der Waals surface area contributed by atoms with Crippen molar-refractivity contribution < 1.29 is 4.79 Å². The van der Waals surface area contributed by atoms with Crippen LogP contribution in [-0.2, 0) is 0 Å². The van der Waals surface area contributed by atoms with Gasteiger partial charge in [-0.15, -0.1) is 5.10 Å². The molecule has 1 aromatic heterocycles. The summed E-state index contributed by atoms with van der Waals surface area (Å²) in [5, 5.41) is 14.7. The van der Waals surface area contributed by atoms with Gasteiger partial charge < -0.3 is 10.2 Å². The Hall–Kier alpha value is -2.28. The highest BCUT2D eigenvalue weighted by Gasteiger charge is 2.32. The number of hydrogen-bond donors (Lipinski definition) is 1. The predicted molar refractivity (Wildman–Crippen MR) is 98.2 cm³/mol. The van der Waals surface area contributed by atoms with Gasteiger partial charge in [-0.25, -0.2) is 0 Å². The van der Waals surface area contributed by atoms with Crippen LogP contribution < -0.4 is 5.32 Å². The van der Waals surface area contributed by atoms with Crippen molar-refractivity contribution >= 4 is 5.91 Å². The van der Waals surface area contributed by atoms with E-state index in [0.29, 0.717) is 23.3 Å². The van der Waals surface area contributed by atoms with Crippen LogP contribution in [0.5, 0.6) is 0 Å². The Morgan fingerprint density at radius 3 is 2.96 bits per heavy atom. The quantitative estimate of drug-likeness (QED) is 0.908. The molecule has 7 nitrogen and oxygen atoms in total. The normalized spacial score (nSPS) is 23.4. The third-order valence-electron chi connectivity index (χ3n) is 5.73. The average molecular weight is 354 g/mol. The molecule has 0 spiro atoms. The minimum Gasteiger partial charge on any atom is -0.352 e. The number of benzene rings is 1. The van der Waals surface area contributed by atoms with Crippen LogP contribution in [0.25, 0.3) is 5.69 Å². The SMILES string of the molecule is Cc1nnnn1-c1cccc(C(=O)NC[C@H]2CCCN3CCCC[C@H]23)c1. The van der Waals surface area contributed by atoms with Crippen LogP contribution in [0.15, 0.2) is 24.3 Å². The van der Waals surface area contributed by atoms with Crippen molar-refractivity contribution in [2.75, 3.05) is 19.6 Å². The van der Waals surface area contributed by atoms with Crippen molar-refractivity contribution in [1.29, 1.82) is 0 Å². The average Bonchev–Trinajstić information content (AvgIpc) is 3.12. The van der Waals surface area contributed by atoms with E-state index < -0.39 is 0 Å². The summed E-state index contributed by atoms with van der Waals surface area (Å²) in [5.41, 5.74) is 1.45. The Labute approximate surface area is 153 Å². The predicted octanol–water partition coefficient (Wildman–Crippen LogP) is 1.97. The number of carbonyl (C=O) groups excluding carboxylic acids is 1. The van der Waals surface area contributed by atoms with Gasteiger partial charge in [-0.05, 0) is 80.2 Å². The smallest absolute Gasteiger partial charge is 0.251 e. The zero-order valence-electron chi connectivity index (χ0n) is 15.3. The Kier molecular flexibility index (Phi) is 4.97. The zero-order valence-corrected chi connectivity index (χ0v) is 15.3. The topological polar surface area (TPSA) is 75.9 Å². The number of aryl methyl sites for hydroxylation is 1. The number of carbonyl (C=O) groups is 1. The van der Waals surface area contributed by atoms with Gasteiger partial charge >= 0.3 is 0 Å². The molecule has 26 heavy (non-hydrogen) atoms. The van der Waals surface area contributed by atoms with Gasteiger partial charge in [0.25, 0.3) is 5.91 Å². The Morgan fingerprint density at radius 1 is 1.23 bits per heavy atom. The van der Waals surface area contributed by atoms with Crippen LogP contribution in [0.1, 0.15) is 48.3 Å². The van der Waals surface area contributed by atoms with Crippen molar-refractivity contribution in [3.63, 3.8) is 0 Å². The lowest BCUT2D eigenvalue weighted by atomic mass is 9.83. The molecule has 2 aliphatic rings. The van der Waals surface area contributed by atoms with Crippen molar-refractivity contribution in [2.24, 2.45) is 5.92 Å². The van der Waals surface area contributed by atoms with E-state index in [-0.39, 0.29) is 5.91 Å². The lowest BCUT2D eigenvalue weighted by molar-refractivity contribution is 0.0575. The number of hydrogen-bond acceptors (Lipinski definition) is 5. The van der Waals surface area contributed by atoms with Crippen LogP contribution in [0, 0.1) is 12.8 Å². The number of nitrogens with zero attached hydrogens (tertiary/aromatic N) is 5. The van der Waals surface area contributed by atoms with E-state index in [0.717, 1.165) is 12.2 Å². The zero-order chi connectivity index (χ0) is 17.9. The molecular formula is C19H26N6O. The van der Waals surface area contributed by atoms with Crippen LogP contribution in [-0.4, -0.2) is 56.7 Å². The minimum absolute atomic E-state index is 0.0227. The van der Waals surface area contributed by atoms with Crippen LogP contribution >= 0.6 is 0 Å². The summed E-state index contributed by atoms with van der Waals surface area (Å²) in [6.07, 6.45) is 6.36. The number of rotatable bonds is 4. The summed E-state index contributed by atoms with van der Waals surface area (Å²) < 4.78 is 1.64. The molecule has 2 saturated heterocycles. The van der Waals surface area contributed by atoms with E-state index in [4.69, 9.17) is 0 Å². The first kappa shape index (κ1) is 17.1. The molecule has 3 heterocycles. The minimum atomic E-state index is -0.0227. The summed E-state index contributed by atoms with van der Waals surface area (Å²) in [4.78, 5) is 15.3. The van der Waals surface area contributed by atoms with Gasteiger partial charge in [0.15, 0.2) is 5.82 Å². The standard InChI is InChI=1S/C19H26N6O/c1-14-21-22-23-25(14)17-8-4-6-15(12-17)19(26)20-13-16-7-5-11-24-10-3-2-9-18(16)24/h4,6,8,12,16,18H,2-3,5,7,9-11,13H2,1H3,(H,20,26)/t16-,18-/m1/s1. The molecule has 1 N–H and O–H groups in total. The number of tetrazole rings is 1. The van der Waals surface area contributed by atoms with Gasteiger partial charge in [0.05, 0.1) is 5.69 Å². The first-order valence-electron chi connectivity index (χ1n) is 9.60. The molecule has 2 aromatic rings. The number of piperidine rings is 2. The fourth-order valence-corrected chi connectivity index (χ4v) is 4.39. The van der Waals surface area contributed by atoms with E-state index in [1.807, 2.05) is 31.2 Å². The monoisotopic (exact) mass is 354 g/mol. The fraction of sp³-hybridized carbons (Fsp3) is 0.579. The number of aromatic nitrogens is 4. The van der Waals surface area contributed by atoms with Gasteiger partial charge in [0.2, 0.25) is 0 Å². The molecule has 0 bridgehead atoms. The molecule has 0 radical (unpaired) electrons. The van der Waals surface area contributed by atoms with Gasteiger partial charge in [-0.1, -0.05) is 12.5 Å². The Balaban J connectivity index is 1.41. The van der Waals surface area contributed by atoms with Crippen molar-refractivity contribution in [1.82, 2.24) is 30.4 Å². The maximum absolute atomic E-state index is 12.7. The van der Waals surface area contributed by atoms with Gasteiger partial charge in [0, 0.05) is 18.2 Å². The maximum atomic E-state index is 12.7. The molecular weight excluding hydrogens is 328 g/mol. The molecule has 7 heteroatoms. The number of nitrogens with one attached hydrogen (secondary N) is 1. The lowest BCUT2D eigenvalue weighted by Crippen LogP contribution is -2.51. The second-order valence-corrected chi connectivity index (χ2v) is 7.40. The molecule has 2 atom stereocenters. The summed E-state index contributed by atoms with van der Waals surface area (Å²) in [5.74, 6) is 1.24. The van der Waals surface area contributed by atoms with Gasteiger partial charge in [0.1, 0.15) is 0 Å². The maximum Gasteiger partial charge on any atom is 0.251 e. The highest BCUT2D eigenvalue weighted by Crippen LogP contribution is 2.30. The molecule has 4 rings (SSSR count). The Bertz CT molecular complexity index is 771. The third-order valence-corrected chi connectivity index (χ3v) is 5.73. The summed E-state index contributed by atoms with van der Waals surface area (Å²) >= 11 is 0. The molecule has 2 aliphatic heterocycles. The molecule has 1 aromatic carbocycles. The lowest BCUT2D eigenvalue weighted by Gasteiger charge is -2.44. The molecule has 138 valence electrons. The first-order chi connectivity index (χ1) is 12.7. The van der Waals surface area contributed by atoms with Crippen molar-refractivity contribution in [2.45, 2.75) is 45.1 Å². The van der Waals surface area contributed by atoms with E-state index in [2.05, 4.69) is 25.7 Å². The van der Waals surface area contributed by atoms with Crippen LogP contribution in [0.4, 0.5) is 0 Å². The van der Waals surface area contributed by atoms with Crippen molar-refractivity contribution in [3.8, 4) is 5.69 Å². The molecule has 1 amide bonds. The molecule has 0 unspecified atom stereocenters. The fourth-order valence-electron chi connectivity index (χ4n) is 4.39. The molecule has 2 fully saturated rings. The van der Waals surface area contributed by atoms with Crippen LogP contribution in [0.2, 0.25) is 0 Å². The summed E-state index contributed by atoms with van der Waals surface area (Å²) in [6, 6.07) is 8.10. The van der Waals surface area contributed by atoms with E-state index in [9.17, 15) is 4.79 Å². The Morgan fingerprint density at radius 2 is 2.12 bits per heavy atom. The van der Waals surface area contributed by atoms with Gasteiger partial charge in [-0.3, -0.25) is 4.79 Å². The summed E-state index contributed by atoms with van der Waals surface area (Å²) in [6.45, 7) is 5.05. The second-order valence-electron chi connectivity index (χ2n) is 7.40. The highest BCUT2D eigenvalue weighted by atomic mass is 16.1. The number of amides is 1. The van der Waals surface area contributed by atoms with E-state index >= 15 is 0 Å². The third kappa shape index (κ3) is 3.49. The van der Waals surface area contributed by atoms with Gasteiger partial charge in [-0.2, -0.15) is 4.68 Å². The van der Waals surface area contributed by atoms with E-state index in [1.165, 1.54) is 45.2 Å². The highest BCUT2D eigenvalue weighted by molar-refractivity contribution is 5.94. The second kappa shape index (κ2) is 7.53. The van der Waals surface area contributed by atoms with Crippen LogP contribution in [0.3, 0.4) is 0 Å². The largest absolute Gasteiger partial charge is 0.352 e. The molecule has 0 saturated carbocycles. The van der Waals surface area contributed by atoms with Crippen molar-refractivity contribution in [3.05, 3.63) is 35.7 Å². The summed E-state index contributed by atoms with van der Waals surface area (Å²) in [7, 11) is 0. The molecule has 0 aliphatic carbocycles. The number of fused-ring (bicyclic) bond motifs is 1. The first-order valence-corrected chi connectivity index (χ1v) is 9.60. The van der Waals surface area contributed by atoms with E-state index in [1.54, 1.807) is 4.68 Å².